The molecule has 0 spiro atoms. The highest BCUT2D eigenvalue weighted by Gasteiger charge is 2.35. The maximum atomic E-state index is 13.1. The smallest absolute Gasteiger partial charge is 0.399 e. The maximum absolute atomic E-state index is 13.1. The molecule has 0 aliphatic heterocycles. The number of halogens is 3. The molecule has 3 aromatic rings. The molecule has 0 atom stereocenters. The third-order valence-corrected chi connectivity index (χ3v) is 3.94. The number of hydrogen-bond donors (Lipinski definition) is 1. The average molecular weight is 331 g/mol. The Morgan fingerprint density at radius 1 is 0.917 bits per heavy atom. The summed E-state index contributed by atoms with van der Waals surface area (Å²) in [6, 6.07) is 13.2. The van der Waals surface area contributed by atoms with Crippen LogP contribution in [-0.4, -0.2) is 9.78 Å². The first kappa shape index (κ1) is 16.1. The fourth-order valence-electron chi connectivity index (χ4n) is 2.44. The Kier molecular flexibility index (Phi) is 3.83. The van der Waals surface area contributed by atoms with Crippen LogP contribution in [0.1, 0.15) is 16.8 Å². The number of rotatable bonds is 2. The molecular formula is C18H16F3N3. The van der Waals surface area contributed by atoms with E-state index in [1.165, 1.54) is 4.68 Å². The highest BCUT2D eigenvalue weighted by molar-refractivity contribution is 5.65. The van der Waals surface area contributed by atoms with E-state index in [2.05, 4.69) is 5.10 Å². The fraction of sp³-hybridized carbons (Fsp3) is 0.167. The summed E-state index contributed by atoms with van der Waals surface area (Å²) in [7, 11) is 0. The third-order valence-electron chi connectivity index (χ3n) is 3.94. The molecule has 3 rings (SSSR count). The number of aryl methyl sites for hydroxylation is 2. The summed E-state index contributed by atoms with van der Waals surface area (Å²) in [4.78, 5) is 0. The standard InChI is InChI=1S/C18H16F3N3/c1-11-3-4-13(9-12(11)2)16-10-17(18(19,20)21)23-24(16)15-7-5-14(22)6-8-15/h3-10H,22H2,1-2H3. The number of nitrogen functional groups attached to an aromatic ring is 1. The first-order valence-corrected chi connectivity index (χ1v) is 7.36. The van der Waals surface area contributed by atoms with Crippen molar-refractivity contribution in [2.45, 2.75) is 20.0 Å². The van der Waals surface area contributed by atoms with Gasteiger partial charge in [0.1, 0.15) is 0 Å². The van der Waals surface area contributed by atoms with Gasteiger partial charge < -0.3 is 5.73 Å². The number of nitrogens with two attached hydrogens (primary N) is 1. The van der Waals surface area contributed by atoms with Gasteiger partial charge >= 0.3 is 6.18 Å². The molecule has 0 radical (unpaired) electrons. The molecule has 6 heteroatoms. The zero-order chi connectivity index (χ0) is 17.5. The van der Waals surface area contributed by atoms with Crippen molar-refractivity contribution in [3.8, 4) is 16.9 Å². The Morgan fingerprint density at radius 2 is 1.58 bits per heavy atom. The van der Waals surface area contributed by atoms with E-state index in [0.29, 0.717) is 22.6 Å². The second-order valence-corrected chi connectivity index (χ2v) is 5.71. The van der Waals surface area contributed by atoms with Crippen LogP contribution in [0.4, 0.5) is 18.9 Å². The van der Waals surface area contributed by atoms with Crippen molar-refractivity contribution in [2.24, 2.45) is 0 Å². The summed E-state index contributed by atoms with van der Waals surface area (Å²) < 4.78 is 40.7. The van der Waals surface area contributed by atoms with Crippen LogP contribution in [0.2, 0.25) is 0 Å². The monoisotopic (exact) mass is 331 g/mol. The molecule has 124 valence electrons. The van der Waals surface area contributed by atoms with Crippen molar-refractivity contribution in [1.29, 1.82) is 0 Å². The number of anilines is 1. The van der Waals surface area contributed by atoms with Crippen molar-refractivity contribution in [3.63, 3.8) is 0 Å². The van der Waals surface area contributed by atoms with E-state index in [-0.39, 0.29) is 0 Å². The third kappa shape index (κ3) is 2.99. The van der Waals surface area contributed by atoms with Gasteiger partial charge in [0.05, 0.1) is 11.4 Å². The SMILES string of the molecule is Cc1ccc(-c2cc(C(F)(F)F)nn2-c2ccc(N)cc2)cc1C. The Labute approximate surface area is 137 Å². The van der Waals surface area contributed by atoms with Gasteiger partial charge in [-0.3, -0.25) is 0 Å². The van der Waals surface area contributed by atoms with Gasteiger partial charge in [0.15, 0.2) is 5.69 Å². The normalized spacial score (nSPS) is 11.7. The first-order valence-electron chi connectivity index (χ1n) is 7.36. The van der Waals surface area contributed by atoms with Gasteiger partial charge in [-0.1, -0.05) is 12.1 Å². The zero-order valence-electron chi connectivity index (χ0n) is 13.2. The van der Waals surface area contributed by atoms with Crippen molar-refractivity contribution >= 4 is 5.69 Å². The van der Waals surface area contributed by atoms with Crippen LogP contribution in [0, 0.1) is 13.8 Å². The lowest BCUT2D eigenvalue weighted by Crippen LogP contribution is -2.07. The van der Waals surface area contributed by atoms with Crippen LogP contribution in [0.25, 0.3) is 16.9 Å². The molecule has 1 aromatic heterocycles. The highest BCUT2D eigenvalue weighted by atomic mass is 19.4. The van der Waals surface area contributed by atoms with Gasteiger partial charge in [0.2, 0.25) is 0 Å². The van der Waals surface area contributed by atoms with Crippen LogP contribution in [0.15, 0.2) is 48.5 Å². The van der Waals surface area contributed by atoms with Crippen LogP contribution in [-0.2, 0) is 6.18 Å². The number of alkyl halides is 3. The van der Waals surface area contributed by atoms with Gasteiger partial charge in [-0.25, -0.2) is 4.68 Å². The van der Waals surface area contributed by atoms with E-state index in [0.717, 1.165) is 17.2 Å². The summed E-state index contributed by atoms with van der Waals surface area (Å²) in [6.07, 6.45) is -4.51. The molecule has 1 heterocycles. The first-order chi connectivity index (χ1) is 11.3. The summed E-state index contributed by atoms with van der Waals surface area (Å²) >= 11 is 0. The zero-order valence-corrected chi connectivity index (χ0v) is 13.2. The van der Waals surface area contributed by atoms with E-state index in [1.807, 2.05) is 26.0 Å². The van der Waals surface area contributed by atoms with Crippen molar-refractivity contribution in [1.82, 2.24) is 9.78 Å². The molecule has 0 saturated heterocycles. The topological polar surface area (TPSA) is 43.8 Å². The number of nitrogens with zero attached hydrogens (tertiary/aromatic N) is 2. The lowest BCUT2D eigenvalue weighted by atomic mass is 10.0. The van der Waals surface area contributed by atoms with Gasteiger partial charge in [-0.05, 0) is 61.4 Å². The molecule has 0 unspecified atom stereocenters. The fourth-order valence-corrected chi connectivity index (χ4v) is 2.44. The Hall–Kier alpha value is -2.76. The predicted octanol–water partition coefficient (Wildman–Crippen LogP) is 4.76. The molecule has 2 aromatic carbocycles. The number of hydrogen-bond acceptors (Lipinski definition) is 2. The van der Waals surface area contributed by atoms with Crippen molar-refractivity contribution in [2.75, 3.05) is 5.73 Å². The molecule has 0 saturated carbocycles. The summed E-state index contributed by atoms with van der Waals surface area (Å²) in [5, 5.41) is 3.76. The lowest BCUT2D eigenvalue weighted by Gasteiger charge is -2.09. The minimum Gasteiger partial charge on any atom is -0.399 e. The van der Waals surface area contributed by atoms with Gasteiger partial charge in [-0.2, -0.15) is 18.3 Å². The molecule has 3 nitrogen and oxygen atoms in total. The van der Waals surface area contributed by atoms with Gasteiger partial charge in [-0.15, -0.1) is 0 Å². The molecule has 0 amide bonds. The van der Waals surface area contributed by atoms with E-state index in [1.54, 1.807) is 30.3 Å². The van der Waals surface area contributed by atoms with Gasteiger partial charge in [0.25, 0.3) is 0 Å². The Balaban J connectivity index is 2.21. The summed E-state index contributed by atoms with van der Waals surface area (Å²) in [5.74, 6) is 0. The Morgan fingerprint density at radius 3 is 2.17 bits per heavy atom. The largest absolute Gasteiger partial charge is 0.435 e. The number of benzene rings is 2. The molecule has 0 aliphatic carbocycles. The van der Waals surface area contributed by atoms with Gasteiger partial charge in [0, 0.05) is 11.3 Å². The van der Waals surface area contributed by atoms with Crippen LogP contribution >= 0.6 is 0 Å². The van der Waals surface area contributed by atoms with E-state index < -0.39 is 11.9 Å². The molecule has 0 fully saturated rings. The predicted molar refractivity (Wildman–Crippen MR) is 87.9 cm³/mol. The summed E-state index contributed by atoms with van der Waals surface area (Å²) in [6.45, 7) is 3.88. The van der Waals surface area contributed by atoms with Crippen molar-refractivity contribution < 1.29 is 13.2 Å². The molecule has 0 bridgehead atoms. The van der Waals surface area contributed by atoms with Crippen LogP contribution in [0.5, 0.6) is 0 Å². The molecule has 24 heavy (non-hydrogen) atoms. The minimum absolute atomic E-state index is 0.384. The van der Waals surface area contributed by atoms with E-state index in [4.69, 9.17) is 5.73 Å². The molecule has 2 N–H and O–H groups in total. The van der Waals surface area contributed by atoms with Crippen LogP contribution < -0.4 is 5.73 Å². The van der Waals surface area contributed by atoms with Crippen LogP contribution in [0.3, 0.4) is 0 Å². The van der Waals surface area contributed by atoms with E-state index in [9.17, 15) is 13.2 Å². The Bertz CT molecular complexity index is 878. The summed E-state index contributed by atoms with van der Waals surface area (Å²) in [5.41, 5.74) is 8.94. The highest BCUT2D eigenvalue weighted by Crippen LogP contribution is 2.33. The molecule has 0 aliphatic rings. The quantitative estimate of drug-likeness (QED) is 0.688. The second kappa shape index (κ2) is 5.70. The molecular weight excluding hydrogens is 315 g/mol. The second-order valence-electron chi connectivity index (χ2n) is 5.71. The minimum atomic E-state index is -4.51. The average Bonchev–Trinajstić information content (AvgIpc) is 2.96. The number of aromatic nitrogens is 2. The van der Waals surface area contributed by atoms with Crippen molar-refractivity contribution in [3.05, 3.63) is 65.4 Å². The maximum Gasteiger partial charge on any atom is 0.435 e. The van der Waals surface area contributed by atoms with E-state index >= 15 is 0 Å². The lowest BCUT2D eigenvalue weighted by molar-refractivity contribution is -0.141.